The lowest BCUT2D eigenvalue weighted by Crippen LogP contribution is -2.26. The van der Waals surface area contributed by atoms with Gasteiger partial charge in [-0.2, -0.15) is 0 Å². The predicted octanol–water partition coefficient (Wildman–Crippen LogP) is 3.76. The molecule has 0 spiro atoms. The van der Waals surface area contributed by atoms with Crippen LogP contribution in [0, 0.1) is 0 Å². The number of nitrogens with one attached hydrogen (secondary N) is 1. The number of para-hydroxylation sites is 3. The summed E-state index contributed by atoms with van der Waals surface area (Å²) in [6.07, 6.45) is 1.04. The lowest BCUT2D eigenvalue weighted by molar-refractivity contribution is -0.130. The van der Waals surface area contributed by atoms with Gasteiger partial charge in [-0.1, -0.05) is 24.3 Å². The highest BCUT2D eigenvalue weighted by molar-refractivity contribution is 7.18. The first-order valence-corrected chi connectivity index (χ1v) is 9.03. The zero-order valence-corrected chi connectivity index (χ0v) is 14.7. The summed E-state index contributed by atoms with van der Waals surface area (Å²) in [4.78, 5) is 26.5. The molecule has 4 rings (SSSR count). The fourth-order valence-corrected chi connectivity index (χ4v) is 3.84. The van der Waals surface area contributed by atoms with Gasteiger partial charge in [-0.05, 0) is 24.3 Å². The van der Waals surface area contributed by atoms with Gasteiger partial charge in [0, 0.05) is 19.9 Å². The number of hydrogen-bond acceptors (Lipinski definition) is 4. The Bertz CT molecular complexity index is 970. The average molecular weight is 350 g/mol. The third kappa shape index (κ3) is 3.39. The van der Waals surface area contributed by atoms with E-state index in [-0.39, 0.29) is 5.91 Å². The van der Waals surface area contributed by atoms with Crippen LogP contribution in [-0.2, 0) is 17.8 Å². The Hall–Kier alpha value is -2.73. The number of thiazole rings is 1. The number of rotatable bonds is 5. The Kier molecular flexibility index (Phi) is 4.19. The third-order valence-electron chi connectivity index (χ3n) is 4.15. The first kappa shape index (κ1) is 15.8. The maximum absolute atomic E-state index is 12.4. The predicted molar refractivity (Wildman–Crippen MR) is 101 cm³/mol. The number of fused-ring (bicyclic) bond motifs is 2. The van der Waals surface area contributed by atoms with E-state index in [1.54, 1.807) is 16.2 Å². The monoisotopic (exact) mass is 350 g/mol. The zero-order valence-electron chi connectivity index (χ0n) is 13.9. The van der Waals surface area contributed by atoms with Crippen molar-refractivity contribution in [3.63, 3.8) is 0 Å². The van der Waals surface area contributed by atoms with Crippen LogP contribution in [0.5, 0.6) is 0 Å². The second kappa shape index (κ2) is 6.64. The molecule has 0 saturated carbocycles. The topological polar surface area (TPSA) is 61.9 Å². The minimum atomic E-state index is 0.0970. The fourth-order valence-electron chi connectivity index (χ4n) is 2.82. The van der Waals surface area contributed by atoms with E-state index < -0.39 is 0 Å². The molecule has 0 radical (unpaired) electrons. The number of aromatic nitrogens is 3. The molecule has 0 bridgehead atoms. The second-order valence-electron chi connectivity index (χ2n) is 6.03. The standard InChI is InChI=1S/C19H18N4OS/c1-23(12-18-22-15-8-4-5-9-16(15)25-18)19(24)11-10-17-20-13-6-2-3-7-14(13)21-17/h2-9H,10-12H2,1H3,(H,20,21). The number of amides is 1. The normalized spacial score (nSPS) is 11.2. The van der Waals surface area contributed by atoms with Gasteiger partial charge in [-0.3, -0.25) is 4.79 Å². The van der Waals surface area contributed by atoms with Gasteiger partial charge in [0.15, 0.2) is 0 Å². The van der Waals surface area contributed by atoms with Gasteiger partial charge in [0.25, 0.3) is 0 Å². The van der Waals surface area contributed by atoms with Crippen LogP contribution in [-0.4, -0.2) is 32.8 Å². The van der Waals surface area contributed by atoms with Crippen molar-refractivity contribution in [3.05, 3.63) is 59.4 Å². The van der Waals surface area contributed by atoms with E-state index in [1.807, 2.05) is 49.5 Å². The van der Waals surface area contributed by atoms with Crippen LogP contribution in [0.1, 0.15) is 17.3 Å². The summed E-state index contributed by atoms with van der Waals surface area (Å²) in [5.41, 5.74) is 2.94. The van der Waals surface area contributed by atoms with Gasteiger partial charge >= 0.3 is 0 Å². The summed E-state index contributed by atoms with van der Waals surface area (Å²) in [5, 5.41) is 0.959. The molecule has 5 nitrogen and oxygen atoms in total. The lowest BCUT2D eigenvalue weighted by atomic mass is 10.2. The minimum absolute atomic E-state index is 0.0970. The number of carbonyl (C=O) groups excluding carboxylic acids is 1. The maximum Gasteiger partial charge on any atom is 0.223 e. The van der Waals surface area contributed by atoms with Gasteiger partial charge < -0.3 is 9.88 Å². The van der Waals surface area contributed by atoms with Crippen molar-refractivity contribution >= 4 is 38.5 Å². The second-order valence-corrected chi connectivity index (χ2v) is 7.14. The molecule has 1 N–H and O–H groups in total. The van der Waals surface area contributed by atoms with Crippen molar-refractivity contribution in [2.24, 2.45) is 0 Å². The van der Waals surface area contributed by atoms with Crippen molar-refractivity contribution in [2.75, 3.05) is 7.05 Å². The molecular weight excluding hydrogens is 332 g/mol. The molecule has 2 aromatic heterocycles. The van der Waals surface area contributed by atoms with Crippen LogP contribution < -0.4 is 0 Å². The van der Waals surface area contributed by atoms with Crippen LogP contribution in [0.2, 0.25) is 0 Å². The number of H-pyrrole nitrogens is 1. The molecule has 2 heterocycles. The molecule has 0 aliphatic heterocycles. The first-order valence-electron chi connectivity index (χ1n) is 8.21. The van der Waals surface area contributed by atoms with Gasteiger partial charge in [0.2, 0.25) is 5.91 Å². The molecule has 0 unspecified atom stereocenters. The SMILES string of the molecule is CN(Cc1nc2ccccc2s1)C(=O)CCc1nc2ccccc2[nH]1. The van der Waals surface area contributed by atoms with Crippen molar-refractivity contribution in [2.45, 2.75) is 19.4 Å². The van der Waals surface area contributed by atoms with E-state index in [9.17, 15) is 4.79 Å². The number of carbonyl (C=O) groups is 1. The smallest absolute Gasteiger partial charge is 0.223 e. The molecule has 6 heteroatoms. The van der Waals surface area contributed by atoms with E-state index in [0.29, 0.717) is 19.4 Å². The molecule has 0 aliphatic rings. The number of aryl methyl sites for hydroxylation is 1. The van der Waals surface area contributed by atoms with Gasteiger partial charge in [-0.25, -0.2) is 9.97 Å². The van der Waals surface area contributed by atoms with Crippen LogP contribution in [0.3, 0.4) is 0 Å². The first-order chi connectivity index (χ1) is 12.2. The van der Waals surface area contributed by atoms with Crippen molar-refractivity contribution < 1.29 is 4.79 Å². The Morgan fingerprint density at radius 1 is 1.08 bits per heavy atom. The van der Waals surface area contributed by atoms with E-state index in [1.165, 1.54) is 0 Å². The summed E-state index contributed by atoms with van der Waals surface area (Å²) >= 11 is 1.64. The Labute approximate surface area is 149 Å². The zero-order chi connectivity index (χ0) is 17.2. The fraction of sp³-hybridized carbons (Fsp3) is 0.211. The summed E-state index contributed by atoms with van der Waals surface area (Å²) in [5.74, 6) is 0.947. The molecule has 126 valence electrons. The minimum Gasteiger partial charge on any atom is -0.342 e. The number of imidazole rings is 1. The van der Waals surface area contributed by atoms with Crippen LogP contribution in [0.15, 0.2) is 48.5 Å². The molecule has 0 aliphatic carbocycles. The number of benzene rings is 2. The molecule has 2 aromatic carbocycles. The van der Waals surface area contributed by atoms with Crippen molar-refractivity contribution in [3.8, 4) is 0 Å². The van der Waals surface area contributed by atoms with Gasteiger partial charge in [-0.15, -0.1) is 11.3 Å². The molecule has 0 saturated heterocycles. The van der Waals surface area contributed by atoms with Crippen molar-refractivity contribution in [1.29, 1.82) is 0 Å². The Balaban J connectivity index is 1.38. The summed E-state index contributed by atoms with van der Waals surface area (Å²) in [7, 11) is 1.83. The molecular formula is C19H18N4OS. The number of hydrogen-bond donors (Lipinski definition) is 1. The lowest BCUT2D eigenvalue weighted by Gasteiger charge is -2.15. The van der Waals surface area contributed by atoms with E-state index in [4.69, 9.17) is 0 Å². The maximum atomic E-state index is 12.4. The molecule has 0 fully saturated rings. The van der Waals surface area contributed by atoms with Crippen LogP contribution in [0.25, 0.3) is 21.3 Å². The van der Waals surface area contributed by atoms with Gasteiger partial charge in [0.05, 0.1) is 27.8 Å². The molecule has 25 heavy (non-hydrogen) atoms. The quantitative estimate of drug-likeness (QED) is 0.596. The Morgan fingerprint density at radius 2 is 1.84 bits per heavy atom. The molecule has 0 atom stereocenters. The van der Waals surface area contributed by atoms with E-state index >= 15 is 0 Å². The van der Waals surface area contributed by atoms with Crippen LogP contribution in [0.4, 0.5) is 0 Å². The Morgan fingerprint density at radius 3 is 2.64 bits per heavy atom. The third-order valence-corrected chi connectivity index (χ3v) is 5.17. The summed E-state index contributed by atoms with van der Waals surface area (Å²) in [6, 6.07) is 15.9. The van der Waals surface area contributed by atoms with Crippen molar-refractivity contribution in [1.82, 2.24) is 19.9 Å². The van der Waals surface area contributed by atoms with Crippen LogP contribution >= 0.6 is 11.3 Å². The average Bonchev–Trinajstić information content (AvgIpc) is 3.22. The highest BCUT2D eigenvalue weighted by Gasteiger charge is 2.13. The molecule has 1 amide bonds. The number of aromatic amines is 1. The molecule has 4 aromatic rings. The largest absolute Gasteiger partial charge is 0.342 e. The summed E-state index contributed by atoms with van der Waals surface area (Å²) in [6.45, 7) is 0.540. The number of nitrogens with zero attached hydrogens (tertiary/aromatic N) is 3. The van der Waals surface area contributed by atoms with E-state index in [2.05, 4.69) is 21.0 Å². The highest BCUT2D eigenvalue weighted by Crippen LogP contribution is 2.22. The van der Waals surface area contributed by atoms with Gasteiger partial charge in [0.1, 0.15) is 10.8 Å². The summed E-state index contributed by atoms with van der Waals surface area (Å²) < 4.78 is 1.15. The van der Waals surface area contributed by atoms with E-state index in [0.717, 1.165) is 32.1 Å². The highest BCUT2D eigenvalue weighted by atomic mass is 32.1.